The predicted molar refractivity (Wildman–Crippen MR) is 73.0 cm³/mol. The largest absolute Gasteiger partial charge is 0.481 e. The van der Waals surface area contributed by atoms with Gasteiger partial charge in [0.1, 0.15) is 6.04 Å². The Morgan fingerprint density at radius 1 is 1.25 bits per heavy atom. The van der Waals surface area contributed by atoms with Crippen LogP contribution in [0.3, 0.4) is 0 Å². The summed E-state index contributed by atoms with van der Waals surface area (Å²) in [4.78, 5) is 33.5. The number of carbonyl (C=O) groups excluding carboxylic acids is 2. The molecule has 1 fully saturated rings. The van der Waals surface area contributed by atoms with Crippen molar-refractivity contribution in [3.8, 4) is 0 Å². The molecule has 3 amide bonds. The first-order valence-electron chi connectivity index (χ1n) is 6.90. The van der Waals surface area contributed by atoms with Crippen molar-refractivity contribution in [1.29, 1.82) is 0 Å². The topological polar surface area (TPSA) is 122 Å². The average molecular weight is 285 g/mol. The van der Waals surface area contributed by atoms with E-state index in [1.54, 1.807) is 0 Å². The summed E-state index contributed by atoms with van der Waals surface area (Å²) >= 11 is 0. The van der Waals surface area contributed by atoms with Crippen LogP contribution in [0.2, 0.25) is 0 Å². The molecule has 1 aliphatic rings. The van der Waals surface area contributed by atoms with Crippen molar-refractivity contribution in [2.24, 2.45) is 11.1 Å². The van der Waals surface area contributed by atoms with Crippen LogP contribution in [-0.4, -0.2) is 35.6 Å². The second kappa shape index (κ2) is 7.12. The molecule has 1 atom stereocenters. The summed E-state index contributed by atoms with van der Waals surface area (Å²) < 4.78 is 0. The van der Waals surface area contributed by atoms with Crippen LogP contribution in [0, 0.1) is 5.41 Å². The van der Waals surface area contributed by atoms with Crippen LogP contribution >= 0.6 is 0 Å². The quantitative estimate of drug-likeness (QED) is 0.570. The fourth-order valence-electron chi connectivity index (χ4n) is 2.75. The number of primary amides is 1. The van der Waals surface area contributed by atoms with Gasteiger partial charge in [0.2, 0.25) is 5.91 Å². The molecular formula is C13H23N3O4. The predicted octanol–water partition coefficient (Wildman–Crippen LogP) is 0.585. The molecule has 0 saturated heterocycles. The van der Waals surface area contributed by atoms with Gasteiger partial charge in [-0.15, -0.1) is 0 Å². The van der Waals surface area contributed by atoms with Crippen molar-refractivity contribution in [2.45, 2.75) is 51.5 Å². The standard InChI is InChI=1S/C13H23N3O4/c1-9(16-12(14)20)11(19)15-8-13(7-10(17)18)5-3-2-4-6-13/h9H,2-8H2,1H3,(H,15,19)(H,17,18)(H3,14,16,20). The molecule has 1 saturated carbocycles. The molecule has 0 bridgehead atoms. The minimum absolute atomic E-state index is 0.0604. The molecule has 7 heteroatoms. The van der Waals surface area contributed by atoms with Gasteiger partial charge in [0.05, 0.1) is 6.42 Å². The number of carboxylic acid groups (broad SMARTS) is 1. The van der Waals surface area contributed by atoms with Gasteiger partial charge in [0, 0.05) is 6.54 Å². The van der Waals surface area contributed by atoms with E-state index in [0.717, 1.165) is 32.1 Å². The van der Waals surface area contributed by atoms with E-state index in [1.807, 2.05) is 0 Å². The minimum Gasteiger partial charge on any atom is -0.481 e. The van der Waals surface area contributed by atoms with E-state index in [2.05, 4.69) is 10.6 Å². The number of hydrogen-bond acceptors (Lipinski definition) is 3. The summed E-state index contributed by atoms with van der Waals surface area (Å²) in [5.41, 5.74) is 4.59. The van der Waals surface area contributed by atoms with Crippen molar-refractivity contribution >= 4 is 17.9 Å². The van der Waals surface area contributed by atoms with Crippen LogP contribution < -0.4 is 16.4 Å². The Bertz CT molecular complexity index is 378. The van der Waals surface area contributed by atoms with Gasteiger partial charge in [-0.3, -0.25) is 9.59 Å². The number of hydrogen-bond donors (Lipinski definition) is 4. The third kappa shape index (κ3) is 5.07. The Labute approximate surface area is 118 Å². The lowest BCUT2D eigenvalue weighted by molar-refractivity contribution is -0.140. The van der Waals surface area contributed by atoms with Crippen molar-refractivity contribution in [3.05, 3.63) is 0 Å². The highest BCUT2D eigenvalue weighted by atomic mass is 16.4. The zero-order valence-electron chi connectivity index (χ0n) is 11.8. The molecule has 0 heterocycles. The number of nitrogens with one attached hydrogen (secondary N) is 2. The molecule has 0 aromatic rings. The maximum absolute atomic E-state index is 11.8. The van der Waals surface area contributed by atoms with Crippen LogP contribution in [0.15, 0.2) is 0 Å². The van der Waals surface area contributed by atoms with E-state index in [0.29, 0.717) is 6.54 Å². The Morgan fingerprint density at radius 2 is 1.85 bits per heavy atom. The van der Waals surface area contributed by atoms with Crippen molar-refractivity contribution in [3.63, 3.8) is 0 Å². The number of nitrogens with two attached hydrogens (primary N) is 1. The van der Waals surface area contributed by atoms with E-state index in [4.69, 9.17) is 10.8 Å². The fourth-order valence-corrected chi connectivity index (χ4v) is 2.75. The summed E-state index contributed by atoms with van der Waals surface area (Å²) in [7, 11) is 0. The first-order chi connectivity index (χ1) is 9.34. The van der Waals surface area contributed by atoms with Gasteiger partial charge in [-0.25, -0.2) is 4.79 Å². The van der Waals surface area contributed by atoms with E-state index >= 15 is 0 Å². The lowest BCUT2D eigenvalue weighted by atomic mass is 9.71. The highest BCUT2D eigenvalue weighted by Crippen LogP contribution is 2.38. The average Bonchev–Trinajstić information content (AvgIpc) is 2.35. The molecule has 1 aliphatic carbocycles. The smallest absolute Gasteiger partial charge is 0.312 e. The Balaban J connectivity index is 2.55. The molecule has 1 rings (SSSR count). The van der Waals surface area contributed by atoms with Gasteiger partial charge in [-0.1, -0.05) is 19.3 Å². The van der Waals surface area contributed by atoms with E-state index < -0.39 is 18.0 Å². The molecule has 7 nitrogen and oxygen atoms in total. The molecular weight excluding hydrogens is 262 g/mol. The molecule has 0 aromatic carbocycles. The molecule has 0 aromatic heterocycles. The molecule has 0 aliphatic heterocycles. The van der Waals surface area contributed by atoms with Crippen LogP contribution in [-0.2, 0) is 9.59 Å². The maximum Gasteiger partial charge on any atom is 0.312 e. The lowest BCUT2D eigenvalue weighted by Gasteiger charge is -2.36. The summed E-state index contributed by atoms with van der Waals surface area (Å²) in [5, 5.41) is 14.1. The van der Waals surface area contributed by atoms with Gasteiger partial charge in [0.15, 0.2) is 0 Å². The highest BCUT2D eigenvalue weighted by molar-refractivity contribution is 5.86. The molecule has 5 N–H and O–H groups in total. The number of rotatable bonds is 6. The van der Waals surface area contributed by atoms with Gasteiger partial charge in [-0.2, -0.15) is 0 Å². The molecule has 0 radical (unpaired) electrons. The summed E-state index contributed by atoms with van der Waals surface area (Å²) in [6.07, 6.45) is 4.74. The van der Waals surface area contributed by atoms with Crippen LogP contribution in [0.4, 0.5) is 4.79 Å². The number of carboxylic acids is 1. The van der Waals surface area contributed by atoms with Gasteiger partial charge < -0.3 is 21.5 Å². The SMILES string of the molecule is CC(NC(N)=O)C(=O)NCC1(CC(=O)O)CCCCC1. The summed E-state index contributed by atoms with van der Waals surface area (Å²) in [5.74, 6) is -1.19. The first kappa shape index (κ1) is 16.3. The summed E-state index contributed by atoms with van der Waals surface area (Å²) in [6, 6.07) is -1.48. The lowest BCUT2D eigenvalue weighted by Crippen LogP contribution is -2.49. The third-order valence-electron chi connectivity index (χ3n) is 3.83. The zero-order chi connectivity index (χ0) is 15.2. The second-order valence-corrected chi connectivity index (χ2v) is 5.58. The highest BCUT2D eigenvalue weighted by Gasteiger charge is 2.35. The van der Waals surface area contributed by atoms with Crippen LogP contribution in [0.1, 0.15) is 45.4 Å². The van der Waals surface area contributed by atoms with Gasteiger partial charge >= 0.3 is 12.0 Å². The minimum atomic E-state index is -0.843. The number of aliphatic carboxylic acids is 1. The number of urea groups is 1. The van der Waals surface area contributed by atoms with Crippen molar-refractivity contribution < 1.29 is 19.5 Å². The number of amides is 3. The van der Waals surface area contributed by atoms with E-state index in [-0.39, 0.29) is 17.7 Å². The molecule has 0 spiro atoms. The van der Waals surface area contributed by atoms with Gasteiger partial charge in [-0.05, 0) is 25.2 Å². The van der Waals surface area contributed by atoms with Crippen LogP contribution in [0.25, 0.3) is 0 Å². The Hall–Kier alpha value is -1.79. The Morgan fingerprint density at radius 3 is 2.35 bits per heavy atom. The molecule has 1 unspecified atom stereocenters. The van der Waals surface area contributed by atoms with Crippen molar-refractivity contribution in [1.82, 2.24) is 10.6 Å². The third-order valence-corrected chi connectivity index (χ3v) is 3.83. The van der Waals surface area contributed by atoms with Gasteiger partial charge in [0.25, 0.3) is 0 Å². The number of carbonyl (C=O) groups is 3. The molecule has 20 heavy (non-hydrogen) atoms. The normalized spacial score (nSPS) is 18.9. The maximum atomic E-state index is 11.8. The molecule has 114 valence electrons. The monoisotopic (exact) mass is 285 g/mol. The first-order valence-corrected chi connectivity index (χ1v) is 6.90. The fraction of sp³-hybridized carbons (Fsp3) is 0.769. The summed E-state index contributed by atoms with van der Waals surface area (Å²) in [6.45, 7) is 1.85. The van der Waals surface area contributed by atoms with Crippen molar-refractivity contribution in [2.75, 3.05) is 6.54 Å². The Kier molecular flexibility index (Phi) is 5.79. The second-order valence-electron chi connectivity index (χ2n) is 5.58. The van der Waals surface area contributed by atoms with E-state index in [1.165, 1.54) is 6.92 Å². The zero-order valence-corrected chi connectivity index (χ0v) is 11.8. The van der Waals surface area contributed by atoms with Crippen LogP contribution in [0.5, 0.6) is 0 Å². The van der Waals surface area contributed by atoms with E-state index in [9.17, 15) is 14.4 Å².